The maximum atomic E-state index is 13.5. The molecular weight excluding hydrogens is 380 g/mol. The summed E-state index contributed by atoms with van der Waals surface area (Å²) in [4.78, 5) is 15.3. The molecule has 6 nitrogen and oxygen atoms in total. The number of hydrogen-bond acceptors (Lipinski definition) is 5. The van der Waals surface area contributed by atoms with Crippen molar-refractivity contribution in [2.75, 3.05) is 31.5 Å². The monoisotopic (exact) mass is 404 g/mol. The number of hydrogen-bond donors (Lipinski definition) is 1. The largest absolute Gasteiger partial charge is 0.493 e. The Bertz CT molecular complexity index is 1070. The zero-order valence-corrected chi connectivity index (χ0v) is 17.4. The van der Waals surface area contributed by atoms with Gasteiger partial charge in [0.05, 0.1) is 26.9 Å². The highest BCUT2D eigenvalue weighted by atomic mass is 16.5. The Labute approximate surface area is 176 Å². The second-order valence-corrected chi connectivity index (χ2v) is 7.07. The number of methoxy groups -OCH3 is 3. The molecule has 1 heterocycles. The van der Waals surface area contributed by atoms with Gasteiger partial charge in [0.15, 0.2) is 11.5 Å². The predicted octanol–water partition coefficient (Wildman–Crippen LogP) is 4.79. The first-order valence-electron chi connectivity index (χ1n) is 9.63. The van der Waals surface area contributed by atoms with Gasteiger partial charge in [0.1, 0.15) is 6.17 Å². The molecule has 3 aromatic rings. The smallest absolute Gasteiger partial charge is 0.262 e. The standard InChI is InChI=1S/C24H24N2O4/c1-15-8-7-9-17(12-15)26-23(25-19-11-6-5-10-18(19)24(26)27)16-13-20(28-2)22(30-4)21(14-16)29-3/h5-14,23,25H,1-4H3. The molecular formula is C24H24N2O4. The van der Waals surface area contributed by atoms with Crippen molar-refractivity contribution in [3.05, 3.63) is 77.4 Å². The van der Waals surface area contributed by atoms with E-state index in [1.54, 1.807) is 26.2 Å². The second-order valence-electron chi connectivity index (χ2n) is 7.07. The van der Waals surface area contributed by atoms with Crippen molar-refractivity contribution in [1.82, 2.24) is 0 Å². The van der Waals surface area contributed by atoms with Gasteiger partial charge in [-0.05, 0) is 48.9 Å². The van der Waals surface area contributed by atoms with E-state index >= 15 is 0 Å². The molecule has 1 atom stereocenters. The molecule has 4 rings (SSSR count). The van der Waals surface area contributed by atoms with Crippen LogP contribution < -0.4 is 24.4 Å². The van der Waals surface area contributed by atoms with Gasteiger partial charge in [-0.25, -0.2) is 0 Å². The summed E-state index contributed by atoms with van der Waals surface area (Å²) in [6.45, 7) is 2.01. The molecule has 3 aromatic carbocycles. The second kappa shape index (κ2) is 7.99. The van der Waals surface area contributed by atoms with Crippen LogP contribution in [0.2, 0.25) is 0 Å². The molecule has 0 radical (unpaired) electrons. The van der Waals surface area contributed by atoms with E-state index in [2.05, 4.69) is 5.32 Å². The molecule has 0 fully saturated rings. The first-order chi connectivity index (χ1) is 14.6. The number of anilines is 2. The fourth-order valence-corrected chi connectivity index (χ4v) is 3.79. The van der Waals surface area contributed by atoms with Crippen molar-refractivity contribution in [3.63, 3.8) is 0 Å². The van der Waals surface area contributed by atoms with Gasteiger partial charge in [0.25, 0.3) is 5.91 Å². The average Bonchev–Trinajstić information content (AvgIpc) is 2.77. The van der Waals surface area contributed by atoms with Gasteiger partial charge >= 0.3 is 0 Å². The van der Waals surface area contributed by atoms with E-state index in [4.69, 9.17) is 14.2 Å². The summed E-state index contributed by atoms with van der Waals surface area (Å²) in [6.07, 6.45) is -0.456. The fraction of sp³-hybridized carbons (Fsp3) is 0.208. The molecule has 0 aliphatic carbocycles. The van der Waals surface area contributed by atoms with Crippen LogP contribution in [0.3, 0.4) is 0 Å². The van der Waals surface area contributed by atoms with Gasteiger partial charge in [-0.2, -0.15) is 0 Å². The number of benzene rings is 3. The van der Waals surface area contributed by atoms with Crippen LogP contribution in [-0.2, 0) is 0 Å². The molecule has 0 saturated heterocycles. The van der Waals surface area contributed by atoms with Crippen LogP contribution in [0.4, 0.5) is 11.4 Å². The third-order valence-electron chi connectivity index (χ3n) is 5.21. The van der Waals surface area contributed by atoms with E-state index in [1.807, 2.05) is 67.6 Å². The topological polar surface area (TPSA) is 60.0 Å². The molecule has 1 aliphatic heterocycles. The fourth-order valence-electron chi connectivity index (χ4n) is 3.79. The number of amides is 1. The maximum Gasteiger partial charge on any atom is 0.262 e. The lowest BCUT2D eigenvalue weighted by Crippen LogP contribution is -2.43. The Morgan fingerprint density at radius 3 is 2.20 bits per heavy atom. The van der Waals surface area contributed by atoms with E-state index in [0.29, 0.717) is 22.8 Å². The van der Waals surface area contributed by atoms with Gasteiger partial charge in [-0.15, -0.1) is 0 Å². The summed E-state index contributed by atoms with van der Waals surface area (Å²) in [6, 6.07) is 19.1. The van der Waals surface area contributed by atoms with Crippen molar-refractivity contribution in [2.24, 2.45) is 0 Å². The minimum Gasteiger partial charge on any atom is -0.493 e. The quantitative estimate of drug-likeness (QED) is 0.662. The first kappa shape index (κ1) is 19.6. The summed E-state index contributed by atoms with van der Waals surface area (Å²) >= 11 is 0. The number of carbonyl (C=O) groups excluding carboxylic acids is 1. The van der Waals surface area contributed by atoms with E-state index < -0.39 is 6.17 Å². The van der Waals surface area contributed by atoms with Crippen molar-refractivity contribution in [2.45, 2.75) is 13.1 Å². The number of carbonyl (C=O) groups is 1. The van der Waals surface area contributed by atoms with Crippen LogP contribution in [0, 0.1) is 6.92 Å². The Kier molecular flexibility index (Phi) is 5.23. The predicted molar refractivity (Wildman–Crippen MR) is 117 cm³/mol. The van der Waals surface area contributed by atoms with Gasteiger partial charge in [0.2, 0.25) is 5.75 Å². The lowest BCUT2D eigenvalue weighted by Gasteiger charge is -2.38. The molecule has 6 heteroatoms. The summed E-state index contributed by atoms with van der Waals surface area (Å²) < 4.78 is 16.5. The molecule has 0 saturated carbocycles. The van der Waals surface area contributed by atoms with E-state index in [1.165, 1.54) is 0 Å². The Balaban J connectivity index is 1.91. The van der Waals surface area contributed by atoms with E-state index in [9.17, 15) is 4.79 Å². The zero-order valence-electron chi connectivity index (χ0n) is 17.4. The SMILES string of the molecule is COc1cc(C2Nc3ccccc3C(=O)N2c2cccc(C)c2)cc(OC)c1OC. The van der Waals surface area contributed by atoms with Crippen LogP contribution in [0.25, 0.3) is 0 Å². The highest BCUT2D eigenvalue weighted by molar-refractivity contribution is 6.12. The number of nitrogens with zero attached hydrogens (tertiary/aromatic N) is 1. The number of para-hydroxylation sites is 1. The lowest BCUT2D eigenvalue weighted by molar-refractivity contribution is 0.0975. The summed E-state index contributed by atoms with van der Waals surface area (Å²) in [5.74, 6) is 1.50. The first-order valence-corrected chi connectivity index (χ1v) is 9.63. The van der Waals surface area contributed by atoms with Crippen molar-refractivity contribution in [1.29, 1.82) is 0 Å². The van der Waals surface area contributed by atoms with Gasteiger partial charge in [0, 0.05) is 16.9 Å². The van der Waals surface area contributed by atoms with Crippen LogP contribution in [0.15, 0.2) is 60.7 Å². The molecule has 0 aromatic heterocycles. The van der Waals surface area contributed by atoms with Gasteiger partial charge in [-0.3, -0.25) is 9.69 Å². The normalized spacial score (nSPS) is 15.3. The molecule has 30 heavy (non-hydrogen) atoms. The molecule has 0 bridgehead atoms. The third kappa shape index (κ3) is 3.30. The van der Waals surface area contributed by atoms with Crippen molar-refractivity contribution < 1.29 is 19.0 Å². The third-order valence-corrected chi connectivity index (χ3v) is 5.21. The Morgan fingerprint density at radius 2 is 1.57 bits per heavy atom. The number of nitrogens with one attached hydrogen (secondary N) is 1. The van der Waals surface area contributed by atoms with Crippen LogP contribution >= 0.6 is 0 Å². The molecule has 154 valence electrons. The Morgan fingerprint density at radius 1 is 0.867 bits per heavy atom. The number of rotatable bonds is 5. The van der Waals surface area contributed by atoms with Gasteiger partial charge < -0.3 is 19.5 Å². The van der Waals surface area contributed by atoms with E-state index in [0.717, 1.165) is 22.5 Å². The zero-order chi connectivity index (χ0) is 21.3. The average molecular weight is 404 g/mol. The number of fused-ring (bicyclic) bond motifs is 1. The highest BCUT2D eigenvalue weighted by Crippen LogP contribution is 2.43. The molecule has 1 N–H and O–H groups in total. The minimum atomic E-state index is -0.456. The number of ether oxygens (including phenoxy) is 3. The van der Waals surface area contributed by atoms with E-state index in [-0.39, 0.29) is 5.91 Å². The lowest BCUT2D eigenvalue weighted by atomic mass is 10.0. The van der Waals surface area contributed by atoms with Crippen LogP contribution in [0.1, 0.15) is 27.7 Å². The Hall–Kier alpha value is -3.67. The molecule has 0 spiro atoms. The summed E-state index contributed by atoms with van der Waals surface area (Å²) in [5, 5.41) is 3.50. The molecule has 1 amide bonds. The molecule has 1 unspecified atom stereocenters. The summed E-state index contributed by atoms with van der Waals surface area (Å²) in [5.41, 5.74) is 4.10. The number of aryl methyl sites for hydroxylation is 1. The maximum absolute atomic E-state index is 13.5. The highest BCUT2D eigenvalue weighted by Gasteiger charge is 2.35. The van der Waals surface area contributed by atoms with Crippen LogP contribution in [-0.4, -0.2) is 27.2 Å². The molecule has 1 aliphatic rings. The van der Waals surface area contributed by atoms with Crippen molar-refractivity contribution in [3.8, 4) is 17.2 Å². The van der Waals surface area contributed by atoms with Crippen molar-refractivity contribution >= 4 is 17.3 Å². The van der Waals surface area contributed by atoms with Crippen LogP contribution in [0.5, 0.6) is 17.2 Å². The minimum absolute atomic E-state index is 0.0753. The van der Waals surface area contributed by atoms with Gasteiger partial charge in [-0.1, -0.05) is 24.3 Å². The summed E-state index contributed by atoms with van der Waals surface area (Å²) in [7, 11) is 4.72.